The van der Waals surface area contributed by atoms with Crippen LogP contribution in [0.3, 0.4) is 0 Å². The molecular weight excluding hydrogens is 236 g/mol. The van der Waals surface area contributed by atoms with Crippen molar-refractivity contribution in [2.24, 2.45) is 11.8 Å². The Labute approximate surface area is 119 Å². The van der Waals surface area contributed by atoms with Gasteiger partial charge in [-0.15, -0.1) is 0 Å². The van der Waals surface area contributed by atoms with Gasteiger partial charge in [-0.05, 0) is 31.1 Å². The normalized spacial score (nSPS) is 36.3. The minimum absolute atomic E-state index is 0.363. The van der Waals surface area contributed by atoms with E-state index in [0.717, 1.165) is 31.5 Å². The molecule has 0 aromatic carbocycles. The Hall–Kier alpha value is -0.0800. The van der Waals surface area contributed by atoms with Crippen LogP contribution in [0.4, 0.5) is 0 Å². The molecule has 2 fully saturated rings. The molecule has 19 heavy (non-hydrogen) atoms. The molecule has 1 heterocycles. The average Bonchev–Trinajstić information content (AvgIpc) is 2.47. The van der Waals surface area contributed by atoms with Crippen molar-refractivity contribution in [1.29, 1.82) is 0 Å². The van der Waals surface area contributed by atoms with E-state index in [9.17, 15) is 0 Å². The van der Waals surface area contributed by atoms with Crippen LogP contribution >= 0.6 is 0 Å². The molecule has 2 atom stereocenters. The summed E-state index contributed by atoms with van der Waals surface area (Å²) in [6.45, 7) is 6.18. The van der Waals surface area contributed by atoms with Crippen molar-refractivity contribution in [2.45, 2.75) is 83.8 Å². The van der Waals surface area contributed by atoms with Crippen LogP contribution in [0, 0.1) is 11.8 Å². The maximum Gasteiger partial charge on any atom is 0.0838 e. The first-order chi connectivity index (χ1) is 9.33. The molecule has 1 aliphatic carbocycles. The summed E-state index contributed by atoms with van der Waals surface area (Å²) < 4.78 is 12.0. The van der Waals surface area contributed by atoms with Crippen molar-refractivity contribution < 1.29 is 9.47 Å². The lowest BCUT2D eigenvalue weighted by atomic mass is 9.77. The largest absolute Gasteiger partial charge is 0.373 e. The molecule has 0 aromatic rings. The summed E-state index contributed by atoms with van der Waals surface area (Å²) in [5.41, 5.74) is 0. The smallest absolute Gasteiger partial charge is 0.0838 e. The fourth-order valence-electron chi connectivity index (χ4n) is 3.66. The van der Waals surface area contributed by atoms with E-state index in [4.69, 9.17) is 9.47 Å². The Kier molecular flexibility index (Phi) is 6.66. The number of hydrogen-bond donors (Lipinski definition) is 0. The van der Waals surface area contributed by atoms with E-state index < -0.39 is 0 Å². The van der Waals surface area contributed by atoms with Crippen LogP contribution in [-0.2, 0) is 9.47 Å². The summed E-state index contributed by atoms with van der Waals surface area (Å²) in [5, 5.41) is 0. The van der Waals surface area contributed by atoms with Crippen LogP contribution in [-0.4, -0.2) is 25.4 Å². The Bertz CT molecular complexity index is 225. The zero-order valence-electron chi connectivity index (χ0n) is 12.9. The first kappa shape index (κ1) is 15.3. The molecular formula is C17H32O2. The van der Waals surface area contributed by atoms with Crippen LogP contribution in [0.5, 0.6) is 0 Å². The maximum atomic E-state index is 6.07. The van der Waals surface area contributed by atoms with Gasteiger partial charge in [-0.25, -0.2) is 0 Å². The highest BCUT2D eigenvalue weighted by molar-refractivity contribution is 4.80. The molecule has 0 amide bonds. The zero-order valence-corrected chi connectivity index (χ0v) is 12.9. The monoisotopic (exact) mass is 268 g/mol. The van der Waals surface area contributed by atoms with E-state index >= 15 is 0 Å². The van der Waals surface area contributed by atoms with E-state index in [0.29, 0.717) is 12.2 Å². The summed E-state index contributed by atoms with van der Waals surface area (Å²) in [6, 6.07) is 0. The first-order valence-corrected chi connectivity index (χ1v) is 8.56. The fraction of sp³-hybridized carbons (Fsp3) is 1.00. The topological polar surface area (TPSA) is 18.5 Å². The quantitative estimate of drug-likeness (QED) is 0.702. The van der Waals surface area contributed by atoms with E-state index in [1.54, 1.807) is 0 Å². The van der Waals surface area contributed by atoms with Crippen molar-refractivity contribution >= 4 is 0 Å². The fourth-order valence-corrected chi connectivity index (χ4v) is 3.66. The third kappa shape index (κ3) is 4.75. The predicted octanol–water partition coefficient (Wildman–Crippen LogP) is 4.57. The minimum atomic E-state index is 0.363. The summed E-state index contributed by atoms with van der Waals surface area (Å²) in [4.78, 5) is 0. The maximum absolute atomic E-state index is 6.07. The zero-order chi connectivity index (χ0) is 13.5. The number of unbranched alkanes of at least 4 members (excludes halogenated alkanes) is 1. The van der Waals surface area contributed by atoms with Crippen LogP contribution in [0.2, 0.25) is 0 Å². The van der Waals surface area contributed by atoms with Crippen LogP contribution in [0.25, 0.3) is 0 Å². The molecule has 2 nitrogen and oxygen atoms in total. The Morgan fingerprint density at radius 1 is 0.842 bits per heavy atom. The average molecular weight is 268 g/mol. The van der Waals surface area contributed by atoms with Crippen molar-refractivity contribution in [3.8, 4) is 0 Å². The van der Waals surface area contributed by atoms with Crippen molar-refractivity contribution in [3.63, 3.8) is 0 Å². The van der Waals surface area contributed by atoms with Crippen LogP contribution in [0.15, 0.2) is 0 Å². The van der Waals surface area contributed by atoms with Crippen molar-refractivity contribution in [3.05, 3.63) is 0 Å². The second-order valence-electron chi connectivity index (χ2n) is 6.54. The number of hydrogen-bond acceptors (Lipinski definition) is 2. The molecule has 1 saturated carbocycles. The van der Waals surface area contributed by atoms with E-state index in [-0.39, 0.29) is 0 Å². The van der Waals surface area contributed by atoms with Gasteiger partial charge in [0.15, 0.2) is 0 Å². The lowest BCUT2D eigenvalue weighted by Gasteiger charge is -2.37. The molecule has 2 heteroatoms. The molecule has 0 spiro atoms. The Balaban J connectivity index is 1.65. The molecule has 2 aliphatic rings. The van der Waals surface area contributed by atoms with Gasteiger partial charge in [0.1, 0.15) is 0 Å². The third-order valence-corrected chi connectivity index (χ3v) is 4.99. The molecule has 0 N–H and O–H groups in total. The summed E-state index contributed by atoms with van der Waals surface area (Å²) in [5.74, 6) is 1.76. The highest BCUT2D eigenvalue weighted by Gasteiger charge is 2.31. The molecule has 2 unspecified atom stereocenters. The van der Waals surface area contributed by atoms with Gasteiger partial charge in [-0.1, -0.05) is 52.4 Å². The second-order valence-corrected chi connectivity index (χ2v) is 6.54. The second kappa shape index (κ2) is 8.26. The standard InChI is InChI=1S/C17H32O2/c1-3-5-7-14-8-10-15(11-9-14)17-13-18-16(6-4-2)12-19-17/h14-17H,3-13H2,1-2H3. The van der Waals surface area contributed by atoms with Gasteiger partial charge in [0.05, 0.1) is 25.4 Å². The highest BCUT2D eigenvalue weighted by Crippen LogP contribution is 2.35. The number of rotatable bonds is 6. The van der Waals surface area contributed by atoms with Crippen LogP contribution < -0.4 is 0 Å². The van der Waals surface area contributed by atoms with Gasteiger partial charge in [0.25, 0.3) is 0 Å². The SMILES string of the molecule is CCCCC1CCC(C2COC(CCC)CO2)CC1. The van der Waals surface area contributed by atoms with Crippen molar-refractivity contribution in [2.75, 3.05) is 13.2 Å². The minimum Gasteiger partial charge on any atom is -0.373 e. The Morgan fingerprint density at radius 3 is 2.21 bits per heavy atom. The molecule has 0 radical (unpaired) electrons. The molecule has 1 aliphatic heterocycles. The lowest BCUT2D eigenvalue weighted by molar-refractivity contribution is -0.156. The molecule has 2 rings (SSSR count). The molecule has 0 bridgehead atoms. The number of ether oxygens (including phenoxy) is 2. The van der Waals surface area contributed by atoms with Gasteiger partial charge in [0.2, 0.25) is 0 Å². The third-order valence-electron chi connectivity index (χ3n) is 4.99. The molecule has 0 aromatic heterocycles. The van der Waals surface area contributed by atoms with Gasteiger partial charge >= 0.3 is 0 Å². The first-order valence-electron chi connectivity index (χ1n) is 8.56. The summed E-state index contributed by atoms with van der Waals surface area (Å²) in [7, 11) is 0. The highest BCUT2D eigenvalue weighted by atomic mass is 16.6. The summed E-state index contributed by atoms with van der Waals surface area (Å²) in [6.07, 6.45) is 12.9. The van der Waals surface area contributed by atoms with Gasteiger partial charge in [0, 0.05) is 0 Å². The predicted molar refractivity (Wildman–Crippen MR) is 79.4 cm³/mol. The van der Waals surface area contributed by atoms with E-state index in [2.05, 4.69) is 13.8 Å². The van der Waals surface area contributed by atoms with Gasteiger partial charge < -0.3 is 9.47 Å². The van der Waals surface area contributed by atoms with Gasteiger partial charge in [-0.3, -0.25) is 0 Å². The molecule has 1 saturated heterocycles. The Morgan fingerprint density at radius 2 is 1.63 bits per heavy atom. The van der Waals surface area contributed by atoms with Gasteiger partial charge in [-0.2, -0.15) is 0 Å². The molecule has 112 valence electrons. The lowest BCUT2D eigenvalue weighted by Crippen LogP contribution is -2.41. The van der Waals surface area contributed by atoms with E-state index in [1.165, 1.54) is 51.4 Å². The van der Waals surface area contributed by atoms with Crippen molar-refractivity contribution in [1.82, 2.24) is 0 Å². The van der Waals surface area contributed by atoms with Crippen LogP contribution in [0.1, 0.15) is 71.6 Å². The van der Waals surface area contributed by atoms with E-state index in [1.807, 2.05) is 0 Å². The summed E-state index contributed by atoms with van der Waals surface area (Å²) >= 11 is 0.